The van der Waals surface area contributed by atoms with E-state index in [1.54, 1.807) is 15.8 Å². The van der Waals surface area contributed by atoms with Gasteiger partial charge in [0.05, 0.1) is 5.92 Å². The lowest BCUT2D eigenvalue weighted by atomic mass is 9.89. The molecule has 0 bridgehead atoms. The minimum atomic E-state index is -0.842. The molecule has 1 saturated heterocycles. The highest BCUT2D eigenvalue weighted by Crippen LogP contribution is 2.33. The van der Waals surface area contributed by atoms with E-state index in [0.717, 1.165) is 11.3 Å². The maximum absolute atomic E-state index is 12.5. The van der Waals surface area contributed by atoms with E-state index in [2.05, 4.69) is 5.10 Å². The first-order chi connectivity index (χ1) is 11.6. The summed E-state index contributed by atoms with van der Waals surface area (Å²) >= 11 is 0. The van der Waals surface area contributed by atoms with Gasteiger partial charge in [-0.1, -0.05) is 30.3 Å². The van der Waals surface area contributed by atoms with Crippen LogP contribution >= 0.6 is 0 Å². The molecule has 126 valence electrons. The minimum absolute atomic E-state index is 0.000816. The number of amides is 1. The smallest absolute Gasteiger partial charge is 0.308 e. The van der Waals surface area contributed by atoms with Crippen LogP contribution in [0.3, 0.4) is 0 Å². The van der Waals surface area contributed by atoms with Crippen molar-refractivity contribution in [3.8, 4) is 0 Å². The number of hydrogen-bond acceptors (Lipinski definition) is 3. The molecule has 1 aromatic heterocycles. The van der Waals surface area contributed by atoms with Crippen molar-refractivity contribution in [2.45, 2.75) is 18.8 Å². The van der Waals surface area contributed by atoms with Crippen molar-refractivity contribution >= 4 is 11.9 Å². The van der Waals surface area contributed by atoms with E-state index >= 15 is 0 Å². The topological polar surface area (TPSA) is 75.4 Å². The van der Waals surface area contributed by atoms with E-state index in [0.29, 0.717) is 19.4 Å². The molecule has 0 aliphatic carbocycles. The molecule has 0 spiro atoms. The van der Waals surface area contributed by atoms with Crippen LogP contribution in [0.2, 0.25) is 0 Å². The Morgan fingerprint density at radius 1 is 1.21 bits per heavy atom. The highest BCUT2D eigenvalue weighted by atomic mass is 16.4. The normalized spacial score (nSPS) is 20.3. The van der Waals surface area contributed by atoms with Gasteiger partial charge in [0.1, 0.15) is 0 Å². The molecule has 3 rings (SSSR count). The van der Waals surface area contributed by atoms with Gasteiger partial charge in [-0.15, -0.1) is 0 Å². The van der Waals surface area contributed by atoms with Crippen LogP contribution in [0.1, 0.15) is 23.6 Å². The van der Waals surface area contributed by atoms with Crippen LogP contribution in [0.25, 0.3) is 0 Å². The monoisotopic (exact) mass is 327 g/mol. The van der Waals surface area contributed by atoms with Crippen molar-refractivity contribution in [2.75, 3.05) is 13.1 Å². The highest BCUT2D eigenvalue weighted by Gasteiger charge is 2.40. The molecule has 0 unspecified atom stereocenters. The van der Waals surface area contributed by atoms with Crippen LogP contribution in [0.5, 0.6) is 0 Å². The second-order valence-electron chi connectivity index (χ2n) is 6.21. The number of hydrogen-bond donors (Lipinski definition) is 1. The third-order valence-electron chi connectivity index (χ3n) is 4.73. The zero-order valence-electron chi connectivity index (χ0n) is 13.6. The van der Waals surface area contributed by atoms with Gasteiger partial charge in [-0.3, -0.25) is 14.3 Å². The number of carbonyl (C=O) groups is 2. The Morgan fingerprint density at radius 2 is 1.96 bits per heavy atom. The largest absolute Gasteiger partial charge is 0.481 e. The molecule has 6 heteroatoms. The molecule has 2 heterocycles. The zero-order chi connectivity index (χ0) is 17.1. The Kier molecular flexibility index (Phi) is 4.64. The fourth-order valence-electron chi connectivity index (χ4n) is 3.34. The summed E-state index contributed by atoms with van der Waals surface area (Å²) in [6, 6.07) is 11.5. The Labute approximate surface area is 140 Å². The average Bonchev–Trinajstić information content (AvgIpc) is 3.20. The zero-order valence-corrected chi connectivity index (χ0v) is 13.6. The fraction of sp³-hybridized carbons (Fsp3) is 0.389. The Bertz CT molecular complexity index is 726. The van der Waals surface area contributed by atoms with Gasteiger partial charge in [-0.05, 0) is 18.1 Å². The lowest BCUT2D eigenvalue weighted by Crippen LogP contribution is -2.30. The van der Waals surface area contributed by atoms with Gasteiger partial charge < -0.3 is 10.0 Å². The van der Waals surface area contributed by atoms with E-state index in [1.165, 1.54) is 0 Å². The molecule has 1 aliphatic heterocycles. The van der Waals surface area contributed by atoms with Gasteiger partial charge in [0.25, 0.3) is 0 Å². The predicted octanol–water partition coefficient (Wildman–Crippen LogP) is 1.68. The van der Waals surface area contributed by atoms with Gasteiger partial charge in [0.15, 0.2) is 0 Å². The maximum atomic E-state index is 12.5. The molecule has 24 heavy (non-hydrogen) atoms. The number of carboxylic acids is 1. The van der Waals surface area contributed by atoms with E-state index < -0.39 is 11.9 Å². The summed E-state index contributed by atoms with van der Waals surface area (Å²) in [6.45, 7) is 0.740. The predicted molar refractivity (Wildman–Crippen MR) is 88.4 cm³/mol. The number of nitrogens with zero attached hydrogens (tertiary/aromatic N) is 3. The van der Waals surface area contributed by atoms with Crippen LogP contribution in [0.15, 0.2) is 42.6 Å². The number of carboxylic acid groups (broad SMARTS) is 1. The van der Waals surface area contributed by atoms with Gasteiger partial charge in [0, 0.05) is 44.4 Å². The van der Waals surface area contributed by atoms with Crippen molar-refractivity contribution in [1.29, 1.82) is 0 Å². The SMILES string of the molecule is Cn1nccc1CCC(=O)N1C[C@H](C(=O)O)[C@H](c2ccccc2)C1. The van der Waals surface area contributed by atoms with Crippen LogP contribution in [0, 0.1) is 5.92 Å². The van der Waals surface area contributed by atoms with Crippen molar-refractivity contribution in [3.05, 3.63) is 53.9 Å². The van der Waals surface area contributed by atoms with E-state index in [-0.39, 0.29) is 18.4 Å². The summed E-state index contributed by atoms with van der Waals surface area (Å²) in [5, 5.41) is 13.6. The summed E-state index contributed by atoms with van der Waals surface area (Å²) in [6.07, 6.45) is 2.69. The number of aliphatic carboxylic acids is 1. The quantitative estimate of drug-likeness (QED) is 0.906. The molecule has 0 radical (unpaired) electrons. The second-order valence-corrected chi connectivity index (χ2v) is 6.21. The molecule has 1 aromatic carbocycles. The van der Waals surface area contributed by atoms with Gasteiger partial charge in [-0.2, -0.15) is 5.10 Å². The molecule has 2 atom stereocenters. The molecule has 1 N–H and O–H groups in total. The molecule has 2 aromatic rings. The Morgan fingerprint density at radius 3 is 2.58 bits per heavy atom. The maximum Gasteiger partial charge on any atom is 0.308 e. The van der Waals surface area contributed by atoms with E-state index in [9.17, 15) is 14.7 Å². The summed E-state index contributed by atoms with van der Waals surface area (Å²) in [5.74, 6) is -1.54. The Balaban J connectivity index is 1.67. The third kappa shape index (κ3) is 3.32. The number of rotatable bonds is 5. The van der Waals surface area contributed by atoms with Crippen LogP contribution in [-0.4, -0.2) is 44.8 Å². The highest BCUT2D eigenvalue weighted by molar-refractivity contribution is 5.79. The number of aryl methyl sites for hydroxylation is 2. The number of benzene rings is 1. The van der Waals surface area contributed by atoms with Crippen LogP contribution in [0.4, 0.5) is 0 Å². The lowest BCUT2D eigenvalue weighted by Gasteiger charge is -2.16. The summed E-state index contributed by atoms with van der Waals surface area (Å²) in [4.78, 5) is 25.8. The fourth-order valence-corrected chi connectivity index (χ4v) is 3.34. The van der Waals surface area contributed by atoms with Crippen molar-refractivity contribution in [2.24, 2.45) is 13.0 Å². The molecule has 6 nitrogen and oxygen atoms in total. The standard InChI is InChI=1S/C18H21N3O3/c1-20-14(9-10-19-20)7-8-17(22)21-11-15(16(12-21)18(23)24)13-5-3-2-4-6-13/h2-6,9-10,15-16H,7-8,11-12H2,1H3,(H,23,24)/t15-,16-/m0/s1. The van der Waals surface area contributed by atoms with Gasteiger partial charge >= 0.3 is 5.97 Å². The summed E-state index contributed by atoms with van der Waals surface area (Å²) < 4.78 is 1.75. The number of carbonyl (C=O) groups excluding carboxylic acids is 1. The number of aromatic nitrogens is 2. The molecule has 1 aliphatic rings. The van der Waals surface area contributed by atoms with Crippen molar-refractivity contribution in [3.63, 3.8) is 0 Å². The second kappa shape index (κ2) is 6.86. The summed E-state index contributed by atoms with van der Waals surface area (Å²) in [5.41, 5.74) is 1.98. The van der Waals surface area contributed by atoms with E-state index in [4.69, 9.17) is 0 Å². The van der Waals surface area contributed by atoms with Crippen molar-refractivity contribution < 1.29 is 14.7 Å². The minimum Gasteiger partial charge on any atom is -0.481 e. The molecule has 0 saturated carbocycles. The number of likely N-dealkylation sites (tertiary alicyclic amines) is 1. The van der Waals surface area contributed by atoms with Gasteiger partial charge in [0.2, 0.25) is 5.91 Å². The first kappa shape index (κ1) is 16.2. The van der Waals surface area contributed by atoms with Gasteiger partial charge in [-0.25, -0.2) is 0 Å². The lowest BCUT2D eigenvalue weighted by molar-refractivity contribution is -0.141. The first-order valence-electron chi connectivity index (χ1n) is 8.08. The summed E-state index contributed by atoms with van der Waals surface area (Å²) in [7, 11) is 1.85. The molecule has 1 amide bonds. The third-order valence-corrected chi connectivity index (χ3v) is 4.73. The molecule has 1 fully saturated rings. The van der Waals surface area contributed by atoms with Crippen LogP contribution in [-0.2, 0) is 23.1 Å². The first-order valence-corrected chi connectivity index (χ1v) is 8.08. The Hall–Kier alpha value is -2.63. The van der Waals surface area contributed by atoms with Crippen molar-refractivity contribution in [1.82, 2.24) is 14.7 Å². The molecular weight excluding hydrogens is 306 g/mol. The molecular formula is C18H21N3O3. The average molecular weight is 327 g/mol. The van der Waals surface area contributed by atoms with E-state index in [1.807, 2.05) is 43.4 Å². The van der Waals surface area contributed by atoms with Crippen LogP contribution < -0.4 is 0 Å².